The molecule has 2 aromatic rings. The lowest BCUT2D eigenvalue weighted by Gasteiger charge is -2.20. The number of hydrogen-bond acceptors (Lipinski definition) is 3. The average molecular weight is 383 g/mol. The summed E-state index contributed by atoms with van der Waals surface area (Å²) in [7, 11) is 0. The van der Waals surface area contributed by atoms with E-state index >= 15 is 0 Å². The van der Waals surface area contributed by atoms with E-state index in [4.69, 9.17) is 4.74 Å². The number of benzene rings is 2. The molecule has 5 nitrogen and oxygen atoms in total. The molecule has 2 aromatic carbocycles. The van der Waals surface area contributed by atoms with E-state index in [1.807, 2.05) is 37.3 Å². The van der Waals surface area contributed by atoms with Crippen LogP contribution in [0.4, 0.5) is 11.4 Å². The molecule has 0 saturated carbocycles. The highest BCUT2D eigenvalue weighted by Crippen LogP contribution is 2.25. The molecule has 5 heteroatoms. The second-order valence-corrected chi connectivity index (χ2v) is 7.96. The van der Waals surface area contributed by atoms with E-state index in [9.17, 15) is 9.59 Å². The van der Waals surface area contributed by atoms with Gasteiger partial charge >= 0.3 is 0 Å². The summed E-state index contributed by atoms with van der Waals surface area (Å²) in [4.78, 5) is 24.1. The normalized spacial score (nSPS) is 12.2. The lowest BCUT2D eigenvalue weighted by Crippen LogP contribution is -2.30. The smallest absolute Gasteiger partial charge is 0.265 e. The summed E-state index contributed by atoms with van der Waals surface area (Å²) < 4.78 is 5.77. The van der Waals surface area contributed by atoms with E-state index in [0.717, 1.165) is 5.56 Å². The quantitative estimate of drug-likeness (QED) is 0.735. The Morgan fingerprint density at radius 3 is 2.25 bits per heavy atom. The maximum atomic E-state index is 12.5. The summed E-state index contributed by atoms with van der Waals surface area (Å²) in [6.07, 6.45) is -0.259. The minimum atomic E-state index is -0.657. The van der Waals surface area contributed by atoms with Gasteiger partial charge in [0.1, 0.15) is 5.75 Å². The van der Waals surface area contributed by atoms with Crippen LogP contribution in [0.5, 0.6) is 5.75 Å². The van der Waals surface area contributed by atoms with Crippen LogP contribution in [-0.4, -0.2) is 17.9 Å². The first kappa shape index (κ1) is 21.5. The summed E-state index contributed by atoms with van der Waals surface area (Å²) in [5.74, 6) is 0.328. The first-order valence-corrected chi connectivity index (χ1v) is 9.58. The molecule has 150 valence electrons. The lowest BCUT2D eigenvalue weighted by atomic mass is 9.87. The molecule has 0 aliphatic carbocycles. The van der Waals surface area contributed by atoms with Gasteiger partial charge in [-0.25, -0.2) is 0 Å². The third-order valence-electron chi connectivity index (χ3n) is 4.50. The van der Waals surface area contributed by atoms with Crippen LogP contribution in [0.15, 0.2) is 42.5 Å². The molecule has 1 unspecified atom stereocenters. The van der Waals surface area contributed by atoms with Gasteiger partial charge in [-0.1, -0.05) is 45.9 Å². The summed E-state index contributed by atoms with van der Waals surface area (Å²) in [5, 5.41) is 5.68. The van der Waals surface area contributed by atoms with Crippen molar-refractivity contribution >= 4 is 23.2 Å². The van der Waals surface area contributed by atoms with Gasteiger partial charge in [0, 0.05) is 17.8 Å². The Bertz CT molecular complexity index is 836. The van der Waals surface area contributed by atoms with Crippen molar-refractivity contribution in [2.45, 2.75) is 59.5 Å². The van der Waals surface area contributed by atoms with Crippen molar-refractivity contribution in [2.75, 3.05) is 10.6 Å². The summed E-state index contributed by atoms with van der Waals surface area (Å²) in [5.41, 5.74) is 3.51. The fraction of sp³-hybridized carbons (Fsp3) is 0.391. The first-order valence-electron chi connectivity index (χ1n) is 9.58. The van der Waals surface area contributed by atoms with Crippen LogP contribution >= 0.6 is 0 Å². The molecule has 0 aromatic heterocycles. The average Bonchev–Trinajstić information content (AvgIpc) is 2.64. The van der Waals surface area contributed by atoms with E-state index < -0.39 is 6.10 Å². The predicted molar refractivity (Wildman–Crippen MR) is 114 cm³/mol. The van der Waals surface area contributed by atoms with Crippen LogP contribution in [0.3, 0.4) is 0 Å². The van der Waals surface area contributed by atoms with Gasteiger partial charge in [0.25, 0.3) is 5.91 Å². The van der Waals surface area contributed by atoms with E-state index in [0.29, 0.717) is 23.5 Å². The van der Waals surface area contributed by atoms with Gasteiger partial charge < -0.3 is 15.4 Å². The zero-order valence-corrected chi connectivity index (χ0v) is 17.6. The molecule has 1 atom stereocenters. The number of nitrogens with one attached hydrogen (secondary N) is 2. The third kappa shape index (κ3) is 5.84. The summed E-state index contributed by atoms with van der Waals surface area (Å²) in [6.45, 7) is 11.9. The molecule has 0 saturated heterocycles. The van der Waals surface area contributed by atoms with Gasteiger partial charge in [0.2, 0.25) is 5.91 Å². The van der Waals surface area contributed by atoms with Crippen molar-refractivity contribution in [3.05, 3.63) is 53.6 Å². The van der Waals surface area contributed by atoms with Gasteiger partial charge in [-0.2, -0.15) is 0 Å². The highest BCUT2D eigenvalue weighted by molar-refractivity contribution is 5.96. The molecule has 0 spiro atoms. The van der Waals surface area contributed by atoms with E-state index in [-0.39, 0.29) is 17.2 Å². The maximum Gasteiger partial charge on any atom is 0.265 e. The lowest BCUT2D eigenvalue weighted by molar-refractivity contribution is -0.122. The Morgan fingerprint density at radius 2 is 1.68 bits per heavy atom. The van der Waals surface area contributed by atoms with E-state index in [1.54, 1.807) is 26.0 Å². The van der Waals surface area contributed by atoms with Crippen LogP contribution < -0.4 is 15.4 Å². The van der Waals surface area contributed by atoms with Crippen molar-refractivity contribution in [3.8, 4) is 5.75 Å². The minimum absolute atomic E-state index is 0.0673. The number of anilines is 2. The number of amides is 2. The monoisotopic (exact) mass is 382 g/mol. The molecule has 2 amide bonds. The Hall–Kier alpha value is -2.82. The van der Waals surface area contributed by atoms with Crippen molar-refractivity contribution in [3.63, 3.8) is 0 Å². The van der Waals surface area contributed by atoms with Crippen LogP contribution in [0.2, 0.25) is 0 Å². The standard InChI is InChI=1S/C23H30N2O3/c1-7-21(26)25-20-14-18(11-8-15(20)2)24-22(27)16(3)28-19-12-9-17(10-13-19)23(4,5)6/h8-14,16H,7H2,1-6H3,(H,24,27)(H,25,26). The largest absolute Gasteiger partial charge is 0.481 e. The van der Waals surface area contributed by atoms with Crippen LogP contribution in [-0.2, 0) is 15.0 Å². The molecule has 0 heterocycles. The molecular formula is C23H30N2O3. The fourth-order valence-electron chi connectivity index (χ4n) is 2.61. The van der Waals surface area contributed by atoms with Crippen LogP contribution in [0.25, 0.3) is 0 Å². The van der Waals surface area contributed by atoms with Gasteiger partial charge in [0.05, 0.1) is 0 Å². The van der Waals surface area contributed by atoms with Gasteiger partial charge in [0.15, 0.2) is 6.10 Å². The van der Waals surface area contributed by atoms with Gasteiger partial charge in [-0.15, -0.1) is 0 Å². The number of carbonyl (C=O) groups is 2. The molecule has 2 N–H and O–H groups in total. The molecule has 2 rings (SSSR count). The Balaban J connectivity index is 2.02. The fourth-order valence-corrected chi connectivity index (χ4v) is 2.61. The van der Waals surface area contributed by atoms with Crippen molar-refractivity contribution in [1.29, 1.82) is 0 Å². The zero-order valence-electron chi connectivity index (χ0n) is 17.6. The van der Waals surface area contributed by atoms with Crippen molar-refractivity contribution in [2.24, 2.45) is 0 Å². The summed E-state index contributed by atoms with van der Waals surface area (Å²) >= 11 is 0. The second kappa shape index (κ2) is 8.91. The van der Waals surface area contributed by atoms with E-state index in [2.05, 4.69) is 31.4 Å². The molecule has 0 aliphatic heterocycles. The molecule has 0 aliphatic rings. The predicted octanol–water partition coefficient (Wildman–Crippen LogP) is 5.05. The molecule has 0 radical (unpaired) electrons. The zero-order chi connectivity index (χ0) is 20.9. The van der Waals surface area contributed by atoms with Crippen molar-refractivity contribution in [1.82, 2.24) is 0 Å². The number of rotatable bonds is 6. The second-order valence-electron chi connectivity index (χ2n) is 7.96. The number of aryl methyl sites for hydroxylation is 1. The number of hydrogen-bond donors (Lipinski definition) is 2. The molecule has 28 heavy (non-hydrogen) atoms. The highest BCUT2D eigenvalue weighted by atomic mass is 16.5. The Morgan fingerprint density at radius 1 is 1.04 bits per heavy atom. The van der Waals surface area contributed by atoms with Crippen molar-refractivity contribution < 1.29 is 14.3 Å². The maximum absolute atomic E-state index is 12.5. The topological polar surface area (TPSA) is 67.4 Å². The van der Waals surface area contributed by atoms with Gasteiger partial charge in [-0.3, -0.25) is 9.59 Å². The molecule has 0 fully saturated rings. The SMILES string of the molecule is CCC(=O)Nc1cc(NC(=O)C(C)Oc2ccc(C(C)(C)C)cc2)ccc1C. The van der Waals surface area contributed by atoms with E-state index in [1.165, 1.54) is 5.56 Å². The number of carbonyl (C=O) groups excluding carboxylic acids is 2. The first-order chi connectivity index (χ1) is 13.1. The Kier molecular flexibility index (Phi) is 6.84. The minimum Gasteiger partial charge on any atom is -0.481 e. The highest BCUT2D eigenvalue weighted by Gasteiger charge is 2.17. The molecular weight excluding hydrogens is 352 g/mol. The van der Waals surface area contributed by atoms with Crippen LogP contribution in [0, 0.1) is 6.92 Å². The summed E-state index contributed by atoms with van der Waals surface area (Å²) in [6, 6.07) is 13.2. The molecule has 0 bridgehead atoms. The number of ether oxygens (including phenoxy) is 1. The van der Waals surface area contributed by atoms with Gasteiger partial charge in [-0.05, 0) is 54.7 Å². The van der Waals surface area contributed by atoms with Crippen LogP contribution in [0.1, 0.15) is 52.2 Å². The Labute approximate surface area is 167 Å². The third-order valence-corrected chi connectivity index (χ3v) is 4.50.